The van der Waals surface area contributed by atoms with Gasteiger partial charge < -0.3 is 10.2 Å². The lowest BCUT2D eigenvalue weighted by atomic mass is 10.3. The summed E-state index contributed by atoms with van der Waals surface area (Å²) in [4.78, 5) is 1.82. The van der Waals surface area contributed by atoms with Gasteiger partial charge in [0, 0.05) is 13.1 Å². The molecule has 60 valence electrons. The topological polar surface area (TPSA) is 55.7 Å². The predicted molar refractivity (Wildman–Crippen MR) is 37.3 cm³/mol. The Balaban J connectivity index is 2.38. The standard InChI is InChI=1S/C6H14N2O2/c1-2-8-4-5(9)7-3-6(8)10/h5-7,9-10H,2-4H2,1H3. The average Bonchev–Trinajstić information content (AvgIpc) is 1.94. The van der Waals surface area contributed by atoms with E-state index in [4.69, 9.17) is 5.11 Å². The third kappa shape index (κ3) is 1.67. The molecule has 2 unspecified atom stereocenters. The van der Waals surface area contributed by atoms with E-state index >= 15 is 0 Å². The molecule has 0 spiro atoms. The normalized spacial score (nSPS) is 36.3. The van der Waals surface area contributed by atoms with Gasteiger partial charge in [0.05, 0.1) is 0 Å². The van der Waals surface area contributed by atoms with E-state index in [1.165, 1.54) is 0 Å². The fourth-order valence-electron chi connectivity index (χ4n) is 1.12. The van der Waals surface area contributed by atoms with Gasteiger partial charge in [-0.05, 0) is 6.54 Å². The summed E-state index contributed by atoms with van der Waals surface area (Å²) in [7, 11) is 0. The van der Waals surface area contributed by atoms with E-state index in [1.54, 1.807) is 0 Å². The molecule has 2 atom stereocenters. The lowest BCUT2D eigenvalue weighted by Crippen LogP contribution is -2.56. The highest BCUT2D eigenvalue weighted by Gasteiger charge is 2.22. The van der Waals surface area contributed by atoms with Crippen molar-refractivity contribution in [3.05, 3.63) is 0 Å². The molecular formula is C6H14N2O2. The van der Waals surface area contributed by atoms with Crippen LogP contribution in [0.5, 0.6) is 0 Å². The Labute approximate surface area is 60.5 Å². The van der Waals surface area contributed by atoms with Crippen molar-refractivity contribution < 1.29 is 10.2 Å². The third-order valence-corrected chi connectivity index (χ3v) is 1.77. The Bertz CT molecular complexity index is 110. The van der Waals surface area contributed by atoms with Crippen molar-refractivity contribution >= 4 is 0 Å². The molecule has 0 aromatic carbocycles. The molecule has 1 heterocycles. The van der Waals surface area contributed by atoms with Crippen LogP contribution in [-0.2, 0) is 0 Å². The van der Waals surface area contributed by atoms with Crippen LogP contribution in [0.3, 0.4) is 0 Å². The quantitative estimate of drug-likeness (QED) is 0.423. The highest BCUT2D eigenvalue weighted by Crippen LogP contribution is 2.01. The zero-order valence-electron chi connectivity index (χ0n) is 6.12. The van der Waals surface area contributed by atoms with Crippen molar-refractivity contribution in [1.82, 2.24) is 10.2 Å². The van der Waals surface area contributed by atoms with Crippen LogP contribution in [0.2, 0.25) is 0 Å². The van der Waals surface area contributed by atoms with Gasteiger partial charge in [0.15, 0.2) is 0 Å². The van der Waals surface area contributed by atoms with Gasteiger partial charge in [-0.3, -0.25) is 10.2 Å². The zero-order chi connectivity index (χ0) is 7.56. The molecule has 1 fully saturated rings. The highest BCUT2D eigenvalue weighted by molar-refractivity contribution is 4.72. The molecule has 0 saturated carbocycles. The van der Waals surface area contributed by atoms with Crippen LogP contribution in [0.15, 0.2) is 0 Å². The number of hydrogen-bond donors (Lipinski definition) is 3. The van der Waals surface area contributed by atoms with Gasteiger partial charge in [0.2, 0.25) is 0 Å². The fourth-order valence-corrected chi connectivity index (χ4v) is 1.12. The molecule has 3 N–H and O–H groups in total. The van der Waals surface area contributed by atoms with Crippen LogP contribution in [0, 0.1) is 0 Å². The van der Waals surface area contributed by atoms with E-state index in [-0.39, 0.29) is 0 Å². The van der Waals surface area contributed by atoms with Crippen LogP contribution < -0.4 is 5.32 Å². The molecule has 0 radical (unpaired) electrons. The van der Waals surface area contributed by atoms with Crippen molar-refractivity contribution in [2.75, 3.05) is 19.6 Å². The minimum absolute atomic E-state index is 0.437. The maximum Gasteiger partial charge on any atom is 0.120 e. The molecule has 4 heteroatoms. The summed E-state index contributed by atoms with van der Waals surface area (Å²) in [6, 6.07) is 0. The second-order valence-electron chi connectivity index (χ2n) is 2.49. The second-order valence-corrected chi connectivity index (χ2v) is 2.49. The summed E-state index contributed by atoms with van der Waals surface area (Å²) < 4.78 is 0. The van der Waals surface area contributed by atoms with Gasteiger partial charge in [0.25, 0.3) is 0 Å². The van der Waals surface area contributed by atoms with E-state index in [1.807, 2.05) is 11.8 Å². The van der Waals surface area contributed by atoms with Crippen LogP contribution in [0.4, 0.5) is 0 Å². The molecule has 1 rings (SSSR count). The average molecular weight is 146 g/mol. The molecule has 0 bridgehead atoms. The monoisotopic (exact) mass is 146 g/mol. The van der Waals surface area contributed by atoms with Gasteiger partial charge in [-0.1, -0.05) is 6.92 Å². The third-order valence-electron chi connectivity index (χ3n) is 1.77. The number of aliphatic hydroxyl groups is 2. The van der Waals surface area contributed by atoms with Crippen molar-refractivity contribution in [3.63, 3.8) is 0 Å². The molecular weight excluding hydrogens is 132 g/mol. The lowest BCUT2D eigenvalue weighted by Gasteiger charge is -2.34. The number of nitrogens with one attached hydrogen (secondary N) is 1. The van der Waals surface area contributed by atoms with E-state index in [0.717, 1.165) is 6.54 Å². The number of rotatable bonds is 1. The Kier molecular flexibility index (Phi) is 2.62. The number of β-amino-alcohol motifs (C(OH)–C–C–N with tert-alkyl or cyclic N) is 2. The number of piperazine rings is 1. The van der Waals surface area contributed by atoms with Gasteiger partial charge in [0.1, 0.15) is 12.5 Å². The van der Waals surface area contributed by atoms with Crippen LogP contribution in [0.25, 0.3) is 0 Å². The van der Waals surface area contributed by atoms with Crippen LogP contribution in [0.1, 0.15) is 6.92 Å². The minimum atomic E-state index is -0.483. The summed E-state index contributed by atoms with van der Waals surface area (Å²) in [6.07, 6.45) is -0.920. The molecule has 1 aliphatic heterocycles. The molecule has 0 amide bonds. The Morgan fingerprint density at radius 3 is 2.80 bits per heavy atom. The number of nitrogens with zero attached hydrogens (tertiary/aromatic N) is 1. The first kappa shape index (κ1) is 7.94. The van der Waals surface area contributed by atoms with Crippen molar-refractivity contribution in [2.45, 2.75) is 19.4 Å². The summed E-state index contributed by atoms with van der Waals surface area (Å²) in [5.41, 5.74) is 0. The number of likely N-dealkylation sites (N-methyl/N-ethyl adjacent to an activating group) is 1. The first-order valence-corrected chi connectivity index (χ1v) is 3.57. The van der Waals surface area contributed by atoms with Gasteiger partial charge in [-0.2, -0.15) is 0 Å². The Morgan fingerprint density at radius 1 is 1.60 bits per heavy atom. The lowest BCUT2D eigenvalue weighted by molar-refractivity contribution is -0.0643. The van der Waals surface area contributed by atoms with E-state index in [9.17, 15) is 5.11 Å². The number of hydrogen-bond acceptors (Lipinski definition) is 4. The molecule has 10 heavy (non-hydrogen) atoms. The molecule has 4 nitrogen and oxygen atoms in total. The molecule has 0 aliphatic carbocycles. The Hall–Kier alpha value is -0.160. The van der Waals surface area contributed by atoms with Gasteiger partial charge in [-0.15, -0.1) is 0 Å². The summed E-state index contributed by atoms with van der Waals surface area (Å²) >= 11 is 0. The van der Waals surface area contributed by atoms with Crippen molar-refractivity contribution in [1.29, 1.82) is 0 Å². The van der Waals surface area contributed by atoms with Crippen molar-refractivity contribution in [3.8, 4) is 0 Å². The van der Waals surface area contributed by atoms with Crippen molar-refractivity contribution in [2.24, 2.45) is 0 Å². The van der Waals surface area contributed by atoms with Gasteiger partial charge in [-0.25, -0.2) is 0 Å². The largest absolute Gasteiger partial charge is 0.377 e. The first-order valence-electron chi connectivity index (χ1n) is 3.57. The van der Waals surface area contributed by atoms with Gasteiger partial charge >= 0.3 is 0 Å². The first-order chi connectivity index (χ1) is 4.74. The molecule has 1 saturated heterocycles. The smallest absolute Gasteiger partial charge is 0.120 e. The number of aliphatic hydroxyl groups excluding tert-OH is 2. The maximum atomic E-state index is 9.24. The van der Waals surface area contributed by atoms with E-state index in [0.29, 0.717) is 13.1 Å². The summed E-state index contributed by atoms with van der Waals surface area (Å²) in [5, 5.41) is 21.1. The zero-order valence-corrected chi connectivity index (χ0v) is 6.12. The Morgan fingerprint density at radius 2 is 2.30 bits per heavy atom. The van der Waals surface area contributed by atoms with E-state index in [2.05, 4.69) is 5.32 Å². The van der Waals surface area contributed by atoms with E-state index < -0.39 is 12.5 Å². The fraction of sp³-hybridized carbons (Fsp3) is 1.00. The molecule has 0 aromatic rings. The highest BCUT2D eigenvalue weighted by atomic mass is 16.3. The summed E-state index contributed by atoms with van der Waals surface area (Å²) in [5.74, 6) is 0. The SMILES string of the molecule is CCN1CC(O)NCC1O. The molecule has 0 aromatic heterocycles. The second kappa shape index (κ2) is 3.30. The van der Waals surface area contributed by atoms with Crippen LogP contribution >= 0.6 is 0 Å². The predicted octanol–water partition coefficient (Wildman–Crippen LogP) is -1.45. The minimum Gasteiger partial charge on any atom is -0.377 e. The van der Waals surface area contributed by atoms with Crippen LogP contribution in [-0.4, -0.2) is 47.2 Å². The summed E-state index contributed by atoms with van der Waals surface area (Å²) in [6.45, 7) is 3.70. The maximum absolute atomic E-state index is 9.24. The molecule has 1 aliphatic rings.